The molecule has 0 aliphatic carbocycles. The minimum absolute atomic E-state index is 0.143. The summed E-state index contributed by atoms with van der Waals surface area (Å²) in [6.45, 7) is 0. The molecule has 0 aliphatic rings. The second-order valence-corrected chi connectivity index (χ2v) is 5.80. The molecular formula is C13H11BrCl2N4O2. The molecule has 0 saturated heterocycles. The van der Waals surface area contributed by atoms with Crippen molar-refractivity contribution in [3.8, 4) is 0 Å². The number of anilines is 3. The molecule has 0 bridgehead atoms. The van der Waals surface area contributed by atoms with Crippen molar-refractivity contribution in [2.75, 3.05) is 17.9 Å². The molecule has 0 atom stereocenters. The monoisotopic (exact) mass is 404 g/mol. The smallest absolute Gasteiger partial charge is 0.341 e. The van der Waals surface area contributed by atoms with Gasteiger partial charge < -0.3 is 15.5 Å². The average Bonchev–Trinajstić information content (AvgIpc) is 2.50. The van der Waals surface area contributed by atoms with Gasteiger partial charge in [-0.05, 0) is 18.2 Å². The lowest BCUT2D eigenvalue weighted by atomic mass is 10.2. The van der Waals surface area contributed by atoms with E-state index in [1.807, 2.05) is 0 Å². The highest BCUT2D eigenvalue weighted by Crippen LogP contribution is 2.36. The number of esters is 1. The van der Waals surface area contributed by atoms with Crippen LogP contribution >= 0.6 is 39.1 Å². The number of ether oxygens (including phenoxy) is 1. The van der Waals surface area contributed by atoms with Crippen molar-refractivity contribution in [1.82, 2.24) is 4.98 Å². The second kappa shape index (κ2) is 7.15. The Kier molecular flexibility index (Phi) is 5.47. The molecule has 0 spiro atoms. The number of hydrogen-bond donors (Lipinski definition) is 3. The molecule has 0 saturated carbocycles. The van der Waals surface area contributed by atoms with E-state index in [1.165, 1.54) is 13.3 Å². The minimum Gasteiger partial charge on any atom is -0.465 e. The normalized spacial score (nSPS) is 10.2. The Hall–Kier alpha value is -1.54. The summed E-state index contributed by atoms with van der Waals surface area (Å²) in [4.78, 5) is 15.8. The number of nitrogens with zero attached hydrogens (tertiary/aromatic N) is 1. The summed E-state index contributed by atoms with van der Waals surface area (Å²) in [6.07, 6.45) is 1.31. The molecule has 2 rings (SSSR count). The van der Waals surface area contributed by atoms with Gasteiger partial charge in [0.1, 0.15) is 10.6 Å². The zero-order valence-electron chi connectivity index (χ0n) is 11.3. The van der Waals surface area contributed by atoms with E-state index in [2.05, 4.69) is 31.7 Å². The van der Waals surface area contributed by atoms with Gasteiger partial charge in [0.05, 0.1) is 23.5 Å². The van der Waals surface area contributed by atoms with Crippen molar-refractivity contribution in [2.45, 2.75) is 0 Å². The van der Waals surface area contributed by atoms with Gasteiger partial charge in [0.25, 0.3) is 0 Å². The first-order valence-electron chi connectivity index (χ1n) is 5.93. The predicted octanol–water partition coefficient (Wildman–Crippen LogP) is 3.97. The lowest BCUT2D eigenvalue weighted by Gasteiger charge is -2.15. The van der Waals surface area contributed by atoms with Crippen molar-refractivity contribution in [3.63, 3.8) is 0 Å². The van der Waals surface area contributed by atoms with E-state index < -0.39 is 5.97 Å². The topological polar surface area (TPSA) is 89.3 Å². The molecule has 116 valence electrons. The van der Waals surface area contributed by atoms with Crippen LogP contribution in [0.3, 0.4) is 0 Å². The Bertz CT molecular complexity index is 727. The van der Waals surface area contributed by atoms with Gasteiger partial charge in [-0.1, -0.05) is 39.1 Å². The third kappa shape index (κ3) is 3.44. The summed E-state index contributed by atoms with van der Waals surface area (Å²) in [7, 11) is 1.27. The number of hydrogen-bond acceptors (Lipinski definition) is 6. The fourth-order valence-electron chi connectivity index (χ4n) is 1.70. The number of carbonyl (C=O) groups is 1. The van der Waals surface area contributed by atoms with Crippen LogP contribution in [0.25, 0.3) is 0 Å². The molecular weight excluding hydrogens is 395 g/mol. The van der Waals surface area contributed by atoms with Crippen molar-refractivity contribution >= 4 is 62.3 Å². The number of methoxy groups -OCH3 is 1. The van der Waals surface area contributed by atoms with Crippen LogP contribution in [0.1, 0.15) is 10.4 Å². The number of carbonyl (C=O) groups excluding carboxylic acids is 1. The fourth-order valence-corrected chi connectivity index (χ4v) is 2.67. The lowest BCUT2D eigenvalue weighted by Crippen LogP contribution is -2.13. The summed E-state index contributed by atoms with van der Waals surface area (Å²) in [5.74, 6) is 4.97. The van der Waals surface area contributed by atoms with Crippen LogP contribution < -0.4 is 16.6 Å². The molecule has 1 aromatic carbocycles. The Morgan fingerprint density at radius 1 is 1.41 bits per heavy atom. The van der Waals surface area contributed by atoms with Gasteiger partial charge in [-0.15, -0.1) is 0 Å². The number of hydrazine groups is 1. The molecule has 1 heterocycles. The quantitative estimate of drug-likeness (QED) is 0.405. The van der Waals surface area contributed by atoms with E-state index in [4.69, 9.17) is 33.8 Å². The molecule has 6 nitrogen and oxygen atoms in total. The number of nitrogens with two attached hydrogens (primary N) is 1. The van der Waals surface area contributed by atoms with E-state index in [9.17, 15) is 4.79 Å². The molecule has 2 aromatic rings. The van der Waals surface area contributed by atoms with Gasteiger partial charge in [0, 0.05) is 10.7 Å². The standard InChI is InChI=1S/C13H11BrCl2N4O2/c1-22-13(21)7-5-18-12(20-17)10(16)11(7)19-9-3-2-6(14)4-8(9)15/h2-5H,17H2,1H3,(H2,18,19,20). The summed E-state index contributed by atoms with van der Waals surface area (Å²) in [5.41, 5.74) is 3.37. The van der Waals surface area contributed by atoms with Crippen molar-refractivity contribution < 1.29 is 9.53 Å². The third-order valence-corrected chi connectivity index (χ3v) is 3.93. The van der Waals surface area contributed by atoms with E-state index >= 15 is 0 Å². The molecule has 9 heteroatoms. The van der Waals surface area contributed by atoms with Crippen LogP contribution in [-0.2, 0) is 4.74 Å². The highest BCUT2D eigenvalue weighted by atomic mass is 79.9. The molecule has 0 unspecified atom stereocenters. The maximum Gasteiger partial charge on any atom is 0.341 e. The van der Waals surface area contributed by atoms with Crippen LogP contribution in [0.4, 0.5) is 17.2 Å². The highest BCUT2D eigenvalue weighted by Gasteiger charge is 2.19. The maximum absolute atomic E-state index is 11.9. The van der Waals surface area contributed by atoms with Crippen molar-refractivity contribution in [1.29, 1.82) is 0 Å². The van der Waals surface area contributed by atoms with E-state index in [-0.39, 0.29) is 16.4 Å². The van der Waals surface area contributed by atoms with Crippen LogP contribution in [0.15, 0.2) is 28.9 Å². The lowest BCUT2D eigenvalue weighted by molar-refractivity contribution is 0.0601. The summed E-state index contributed by atoms with van der Waals surface area (Å²) in [5, 5.41) is 3.59. The molecule has 0 aliphatic heterocycles. The number of nitrogens with one attached hydrogen (secondary N) is 2. The number of rotatable bonds is 4. The number of halogens is 3. The number of nitrogen functional groups attached to an aromatic ring is 1. The van der Waals surface area contributed by atoms with Crippen LogP contribution in [0.2, 0.25) is 10.0 Å². The summed E-state index contributed by atoms with van der Waals surface area (Å²) < 4.78 is 5.54. The Balaban J connectivity index is 2.54. The molecule has 22 heavy (non-hydrogen) atoms. The van der Waals surface area contributed by atoms with Gasteiger partial charge in [-0.25, -0.2) is 15.6 Å². The first-order valence-corrected chi connectivity index (χ1v) is 7.48. The predicted molar refractivity (Wildman–Crippen MR) is 90.8 cm³/mol. The Labute approximate surface area is 145 Å². The fraction of sp³-hybridized carbons (Fsp3) is 0.0769. The zero-order chi connectivity index (χ0) is 16.3. The Morgan fingerprint density at radius 3 is 2.73 bits per heavy atom. The van der Waals surface area contributed by atoms with Gasteiger partial charge in [-0.3, -0.25) is 0 Å². The van der Waals surface area contributed by atoms with Crippen molar-refractivity contribution in [2.24, 2.45) is 5.84 Å². The SMILES string of the molecule is COC(=O)c1cnc(NN)c(Cl)c1Nc1ccc(Br)cc1Cl. The summed E-state index contributed by atoms with van der Waals surface area (Å²) >= 11 is 15.7. The first kappa shape index (κ1) is 16.8. The molecule has 0 radical (unpaired) electrons. The molecule has 0 amide bonds. The van der Waals surface area contributed by atoms with Gasteiger partial charge in [0.15, 0.2) is 5.82 Å². The van der Waals surface area contributed by atoms with Gasteiger partial charge in [0.2, 0.25) is 0 Å². The van der Waals surface area contributed by atoms with Gasteiger partial charge in [-0.2, -0.15) is 0 Å². The average molecular weight is 406 g/mol. The van der Waals surface area contributed by atoms with Crippen molar-refractivity contribution in [3.05, 3.63) is 44.5 Å². The largest absolute Gasteiger partial charge is 0.465 e. The first-order chi connectivity index (χ1) is 10.5. The van der Waals surface area contributed by atoms with E-state index in [0.717, 1.165) is 4.47 Å². The number of benzene rings is 1. The highest BCUT2D eigenvalue weighted by molar-refractivity contribution is 9.10. The van der Waals surface area contributed by atoms with E-state index in [0.29, 0.717) is 16.4 Å². The maximum atomic E-state index is 11.9. The molecule has 0 fully saturated rings. The molecule has 4 N–H and O–H groups in total. The van der Waals surface area contributed by atoms with E-state index in [1.54, 1.807) is 18.2 Å². The van der Waals surface area contributed by atoms with Crippen LogP contribution in [-0.4, -0.2) is 18.1 Å². The van der Waals surface area contributed by atoms with Crippen LogP contribution in [0.5, 0.6) is 0 Å². The van der Waals surface area contributed by atoms with Gasteiger partial charge >= 0.3 is 5.97 Å². The summed E-state index contributed by atoms with van der Waals surface area (Å²) in [6, 6.07) is 5.24. The zero-order valence-corrected chi connectivity index (χ0v) is 14.4. The van der Waals surface area contributed by atoms with Crippen LogP contribution in [0, 0.1) is 0 Å². The second-order valence-electron chi connectivity index (χ2n) is 4.09. The number of aromatic nitrogens is 1. The Morgan fingerprint density at radius 2 is 2.14 bits per heavy atom. The minimum atomic E-state index is -0.589. The third-order valence-electron chi connectivity index (χ3n) is 2.75. The molecule has 1 aromatic heterocycles. The number of pyridine rings is 1.